The molecule has 1 aromatic heterocycles. The van der Waals surface area contributed by atoms with Gasteiger partial charge in [0.15, 0.2) is 0 Å². The van der Waals surface area contributed by atoms with Crippen LogP contribution in [0.1, 0.15) is 30.5 Å². The highest BCUT2D eigenvalue weighted by Crippen LogP contribution is 2.25. The Kier molecular flexibility index (Phi) is 4.56. The fourth-order valence-electron chi connectivity index (χ4n) is 2.36. The standard InChI is InChI=1S/C16H22N4/c1-5-14-15(17-6-2)18-10-19-16(14)20-13-8-11(3)7-12(4)9-13/h7-10H,5-6H2,1-4H3,(H2,17,18,19,20). The summed E-state index contributed by atoms with van der Waals surface area (Å²) >= 11 is 0. The van der Waals surface area contributed by atoms with E-state index in [4.69, 9.17) is 0 Å². The monoisotopic (exact) mass is 270 g/mol. The molecule has 4 nitrogen and oxygen atoms in total. The second-order valence-corrected chi connectivity index (χ2v) is 4.93. The normalized spacial score (nSPS) is 10.4. The summed E-state index contributed by atoms with van der Waals surface area (Å²) in [6.45, 7) is 9.24. The quantitative estimate of drug-likeness (QED) is 0.867. The molecule has 0 aliphatic heterocycles. The van der Waals surface area contributed by atoms with Gasteiger partial charge in [0, 0.05) is 17.8 Å². The second kappa shape index (κ2) is 6.37. The zero-order chi connectivity index (χ0) is 14.5. The topological polar surface area (TPSA) is 49.8 Å². The van der Waals surface area contributed by atoms with Crippen LogP contribution in [-0.2, 0) is 6.42 Å². The molecule has 0 atom stereocenters. The van der Waals surface area contributed by atoms with Crippen molar-refractivity contribution in [1.29, 1.82) is 0 Å². The van der Waals surface area contributed by atoms with Crippen LogP contribution in [0.5, 0.6) is 0 Å². The van der Waals surface area contributed by atoms with Gasteiger partial charge in [-0.3, -0.25) is 0 Å². The van der Waals surface area contributed by atoms with Gasteiger partial charge in [0.05, 0.1) is 0 Å². The molecule has 106 valence electrons. The Morgan fingerprint density at radius 1 is 0.950 bits per heavy atom. The van der Waals surface area contributed by atoms with Crippen molar-refractivity contribution in [1.82, 2.24) is 9.97 Å². The number of hydrogen-bond acceptors (Lipinski definition) is 4. The first-order valence-corrected chi connectivity index (χ1v) is 7.07. The second-order valence-electron chi connectivity index (χ2n) is 4.93. The number of aryl methyl sites for hydroxylation is 2. The lowest BCUT2D eigenvalue weighted by molar-refractivity contribution is 1.03. The molecule has 4 heteroatoms. The molecule has 0 bridgehead atoms. The minimum atomic E-state index is 0.854. The third-order valence-corrected chi connectivity index (χ3v) is 3.13. The van der Waals surface area contributed by atoms with Crippen LogP contribution in [0.3, 0.4) is 0 Å². The fraction of sp³-hybridized carbons (Fsp3) is 0.375. The van der Waals surface area contributed by atoms with Gasteiger partial charge in [-0.05, 0) is 50.5 Å². The molecule has 0 unspecified atom stereocenters. The van der Waals surface area contributed by atoms with E-state index in [-0.39, 0.29) is 0 Å². The van der Waals surface area contributed by atoms with E-state index in [1.54, 1.807) is 6.33 Å². The molecule has 0 saturated heterocycles. The molecule has 0 fully saturated rings. The first-order chi connectivity index (χ1) is 9.63. The number of anilines is 3. The lowest BCUT2D eigenvalue weighted by Crippen LogP contribution is -2.07. The molecular weight excluding hydrogens is 248 g/mol. The van der Waals surface area contributed by atoms with Crippen molar-refractivity contribution in [2.24, 2.45) is 0 Å². The maximum Gasteiger partial charge on any atom is 0.139 e. The highest BCUT2D eigenvalue weighted by molar-refractivity contribution is 5.65. The summed E-state index contributed by atoms with van der Waals surface area (Å²) in [6.07, 6.45) is 2.48. The highest BCUT2D eigenvalue weighted by atomic mass is 15.1. The van der Waals surface area contributed by atoms with Crippen LogP contribution < -0.4 is 10.6 Å². The van der Waals surface area contributed by atoms with E-state index < -0.39 is 0 Å². The van der Waals surface area contributed by atoms with Crippen LogP contribution in [-0.4, -0.2) is 16.5 Å². The van der Waals surface area contributed by atoms with Gasteiger partial charge in [-0.1, -0.05) is 13.0 Å². The summed E-state index contributed by atoms with van der Waals surface area (Å²) in [5.41, 5.74) is 4.67. The zero-order valence-electron chi connectivity index (χ0n) is 12.6. The Morgan fingerprint density at radius 2 is 1.60 bits per heavy atom. The van der Waals surface area contributed by atoms with Crippen LogP contribution in [0.15, 0.2) is 24.5 Å². The average Bonchev–Trinajstić information content (AvgIpc) is 2.38. The van der Waals surface area contributed by atoms with E-state index in [0.29, 0.717) is 0 Å². The van der Waals surface area contributed by atoms with E-state index in [2.05, 4.69) is 66.5 Å². The van der Waals surface area contributed by atoms with E-state index >= 15 is 0 Å². The molecule has 0 aliphatic carbocycles. The highest BCUT2D eigenvalue weighted by Gasteiger charge is 2.09. The molecule has 0 saturated carbocycles. The van der Waals surface area contributed by atoms with Crippen LogP contribution >= 0.6 is 0 Å². The van der Waals surface area contributed by atoms with Crippen molar-refractivity contribution in [2.75, 3.05) is 17.2 Å². The number of nitrogens with one attached hydrogen (secondary N) is 2. The first kappa shape index (κ1) is 14.3. The van der Waals surface area contributed by atoms with Crippen LogP contribution in [0.2, 0.25) is 0 Å². The molecule has 2 rings (SSSR count). The lowest BCUT2D eigenvalue weighted by atomic mass is 10.1. The van der Waals surface area contributed by atoms with E-state index in [0.717, 1.165) is 35.9 Å². The summed E-state index contributed by atoms with van der Waals surface area (Å²) in [7, 11) is 0. The summed E-state index contributed by atoms with van der Waals surface area (Å²) < 4.78 is 0. The predicted molar refractivity (Wildman–Crippen MR) is 84.8 cm³/mol. The molecule has 0 spiro atoms. The number of nitrogens with zero attached hydrogens (tertiary/aromatic N) is 2. The Morgan fingerprint density at radius 3 is 2.20 bits per heavy atom. The lowest BCUT2D eigenvalue weighted by Gasteiger charge is -2.14. The minimum absolute atomic E-state index is 0.854. The van der Waals surface area contributed by atoms with Gasteiger partial charge in [-0.15, -0.1) is 0 Å². The van der Waals surface area contributed by atoms with Crippen LogP contribution in [0.25, 0.3) is 0 Å². The summed E-state index contributed by atoms with van der Waals surface area (Å²) in [5, 5.41) is 6.70. The average molecular weight is 270 g/mol. The molecule has 1 heterocycles. The molecular formula is C16H22N4. The molecule has 20 heavy (non-hydrogen) atoms. The zero-order valence-corrected chi connectivity index (χ0v) is 12.6. The van der Waals surface area contributed by atoms with Crippen molar-refractivity contribution < 1.29 is 0 Å². The molecule has 2 aromatic rings. The summed E-state index contributed by atoms with van der Waals surface area (Å²) in [6, 6.07) is 6.42. The Balaban J connectivity index is 2.35. The van der Waals surface area contributed by atoms with Crippen LogP contribution in [0.4, 0.5) is 17.3 Å². The first-order valence-electron chi connectivity index (χ1n) is 7.07. The third kappa shape index (κ3) is 3.26. The minimum Gasteiger partial charge on any atom is -0.370 e. The van der Waals surface area contributed by atoms with Crippen LogP contribution in [0, 0.1) is 13.8 Å². The van der Waals surface area contributed by atoms with Gasteiger partial charge in [0.25, 0.3) is 0 Å². The van der Waals surface area contributed by atoms with E-state index in [1.807, 2.05) is 0 Å². The Labute approximate surface area is 120 Å². The number of benzene rings is 1. The maximum atomic E-state index is 4.38. The third-order valence-electron chi connectivity index (χ3n) is 3.13. The van der Waals surface area contributed by atoms with Crippen molar-refractivity contribution in [3.63, 3.8) is 0 Å². The van der Waals surface area contributed by atoms with Gasteiger partial charge < -0.3 is 10.6 Å². The molecule has 2 N–H and O–H groups in total. The van der Waals surface area contributed by atoms with Crippen molar-refractivity contribution in [3.8, 4) is 0 Å². The van der Waals surface area contributed by atoms with E-state index in [9.17, 15) is 0 Å². The maximum absolute atomic E-state index is 4.38. The van der Waals surface area contributed by atoms with Gasteiger partial charge >= 0.3 is 0 Å². The smallest absolute Gasteiger partial charge is 0.139 e. The predicted octanol–water partition coefficient (Wildman–Crippen LogP) is 3.83. The fourth-order valence-corrected chi connectivity index (χ4v) is 2.36. The Hall–Kier alpha value is -2.10. The number of aromatic nitrogens is 2. The van der Waals surface area contributed by atoms with E-state index in [1.165, 1.54) is 11.1 Å². The number of hydrogen-bond donors (Lipinski definition) is 2. The van der Waals surface area contributed by atoms with Gasteiger partial charge in [-0.2, -0.15) is 0 Å². The largest absolute Gasteiger partial charge is 0.370 e. The molecule has 0 amide bonds. The molecule has 0 radical (unpaired) electrons. The van der Waals surface area contributed by atoms with Gasteiger partial charge in [0.1, 0.15) is 18.0 Å². The summed E-state index contributed by atoms with van der Waals surface area (Å²) in [4.78, 5) is 8.70. The van der Waals surface area contributed by atoms with Gasteiger partial charge in [-0.25, -0.2) is 9.97 Å². The summed E-state index contributed by atoms with van der Waals surface area (Å²) in [5.74, 6) is 1.79. The van der Waals surface area contributed by atoms with Crippen molar-refractivity contribution in [3.05, 3.63) is 41.2 Å². The molecule has 1 aromatic carbocycles. The Bertz CT molecular complexity index is 573. The van der Waals surface area contributed by atoms with Gasteiger partial charge in [0.2, 0.25) is 0 Å². The number of rotatable bonds is 5. The SMILES string of the molecule is CCNc1ncnc(Nc2cc(C)cc(C)c2)c1CC. The van der Waals surface area contributed by atoms with Crippen molar-refractivity contribution in [2.45, 2.75) is 34.1 Å². The van der Waals surface area contributed by atoms with Crippen molar-refractivity contribution >= 4 is 17.3 Å². The molecule has 0 aliphatic rings.